The number of aromatic nitrogens is 1. The number of nitrogens with zero attached hydrogens (tertiary/aromatic N) is 1. The van der Waals surface area contributed by atoms with Gasteiger partial charge in [-0.1, -0.05) is 29.3 Å². The van der Waals surface area contributed by atoms with Crippen LogP contribution in [0.5, 0.6) is 17.2 Å². The van der Waals surface area contributed by atoms with E-state index >= 15 is 0 Å². The molecule has 4 rings (SSSR count). The Kier molecular flexibility index (Phi) is 11.7. The van der Waals surface area contributed by atoms with Crippen LogP contribution in [0.3, 0.4) is 0 Å². The number of alkyl halides is 2. The van der Waals surface area contributed by atoms with Gasteiger partial charge in [0, 0.05) is 30.6 Å². The maximum atomic E-state index is 13.1. The molecule has 1 aromatic heterocycles. The number of sulfone groups is 1. The summed E-state index contributed by atoms with van der Waals surface area (Å²) < 4.78 is 99.3. The Hall–Kier alpha value is -3.24. The smallest absolute Gasteiger partial charge is 0.387 e. The number of hydrogen-bond acceptors (Lipinski definition) is 10. The third kappa shape index (κ3) is 10.1. The van der Waals surface area contributed by atoms with E-state index in [1.54, 1.807) is 0 Å². The molecule has 1 fully saturated rings. The molecule has 1 aliphatic carbocycles. The number of carbonyl (C=O) groups excluding carboxylic acids is 1. The van der Waals surface area contributed by atoms with E-state index in [0.717, 1.165) is 25.2 Å². The largest absolute Gasteiger partial charge is 0.496 e. The predicted molar refractivity (Wildman–Crippen MR) is 165 cm³/mol. The molecule has 1 heterocycles. The van der Waals surface area contributed by atoms with E-state index in [-0.39, 0.29) is 56.7 Å². The molecule has 250 valence electrons. The molecule has 2 aromatic carbocycles. The molecule has 3 aromatic rings. The highest BCUT2D eigenvalue weighted by Gasteiger charge is 2.27. The molecule has 11 nitrogen and oxygen atoms in total. The van der Waals surface area contributed by atoms with Gasteiger partial charge in [0.05, 0.1) is 34.4 Å². The Morgan fingerprint density at radius 1 is 1.02 bits per heavy atom. The number of carbonyl (C=O) groups is 1. The Labute approximate surface area is 275 Å². The van der Waals surface area contributed by atoms with Crippen LogP contribution in [0.1, 0.15) is 35.6 Å². The van der Waals surface area contributed by atoms with Gasteiger partial charge < -0.3 is 18.9 Å². The van der Waals surface area contributed by atoms with Crippen molar-refractivity contribution in [2.75, 3.05) is 26.5 Å². The fourth-order valence-corrected chi connectivity index (χ4v) is 6.65. The normalized spacial score (nSPS) is 14.2. The molecule has 0 radical (unpaired) electrons. The van der Waals surface area contributed by atoms with Crippen LogP contribution in [-0.4, -0.2) is 60.9 Å². The molecule has 1 atom stereocenters. The zero-order chi connectivity index (χ0) is 33.6. The lowest BCUT2D eigenvalue weighted by atomic mass is 10.0. The molecule has 1 aliphatic rings. The lowest BCUT2D eigenvalue weighted by Gasteiger charge is -2.22. The minimum absolute atomic E-state index is 0.00257. The molecule has 0 amide bonds. The third-order valence-corrected chi connectivity index (χ3v) is 9.61. The van der Waals surface area contributed by atoms with E-state index in [2.05, 4.69) is 14.4 Å². The van der Waals surface area contributed by atoms with E-state index in [1.807, 2.05) is 0 Å². The van der Waals surface area contributed by atoms with Gasteiger partial charge in [0.25, 0.3) is 0 Å². The van der Waals surface area contributed by atoms with Gasteiger partial charge in [-0.25, -0.2) is 16.8 Å². The first-order chi connectivity index (χ1) is 21.6. The van der Waals surface area contributed by atoms with Crippen molar-refractivity contribution in [1.82, 2.24) is 9.71 Å². The second-order valence-electron chi connectivity index (χ2n) is 10.5. The van der Waals surface area contributed by atoms with Crippen LogP contribution in [0.2, 0.25) is 10.0 Å². The van der Waals surface area contributed by atoms with Gasteiger partial charge in [-0.05, 0) is 60.2 Å². The van der Waals surface area contributed by atoms with Crippen LogP contribution >= 0.6 is 23.2 Å². The van der Waals surface area contributed by atoms with Gasteiger partial charge in [0.1, 0.15) is 18.4 Å². The van der Waals surface area contributed by atoms with E-state index in [1.165, 1.54) is 49.8 Å². The highest BCUT2D eigenvalue weighted by molar-refractivity contribution is 7.90. The standard InChI is InChI=1S/C29H30Cl2F2N2O9S2/c1-41-24-8-6-20(9-19(24)16-45(2,37)38)46(39,40)35-14-28(36)43-26(11-21-22(30)12-34-13-23(21)31)18-5-7-25(44-29(32)33)27(10-18)42-15-17-3-4-17/h5-10,12-13,17,26,29,35H,3-4,11,14-16H2,1-2H3/t26-/m0/s1. The summed E-state index contributed by atoms with van der Waals surface area (Å²) in [5.74, 6) is -1.24. The molecule has 1 saturated carbocycles. The van der Waals surface area contributed by atoms with Crippen molar-refractivity contribution in [3.05, 3.63) is 75.5 Å². The number of ether oxygens (including phenoxy) is 4. The van der Waals surface area contributed by atoms with Crippen LogP contribution in [-0.2, 0) is 41.6 Å². The molecule has 0 aliphatic heterocycles. The monoisotopic (exact) mass is 722 g/mol. The number of nitrogens with one attached hydrogen (secondary N) is 1. The Morgan fingerprint density at radius 3 is 2.30 bits per heavy atom. The first-order valence-corrected chi connectivity index (χ1v) is 18.0. The molecule has 0 spiro atoms. The fourth-order valence-electron chi connectivity index (χ4n) is 4.32. The number of benzene rings is 2. The minimum Gasteiger partial charge on any atom is -0.496 e. The number of sulfonamides is 1. The second-order valence-corrected chi connectivity index (χ2v) is 15.2. The fraction of sp³-hybridized carbons (Fsp3) is 0.379. The van der Waals surface area contributed by atoms with E-state index in [0.29, 0.717) is 11.1 Å². The lowest BCUT2D eigenvalue weighted by Crippen LogP contribution is -2.31. The molecule has 0 unspecified atom stereocenters. The maximum Gasteiger partial charge on any atom is 0.387 e. The van der Waals surface area contributed by atoms with Crippen molar-refractivity contribution >= 4 is 49.0 Å². The maximum absolute atomic E-state index is 13.1. The van der Waals surface area contributed by atoms with Gasteiger partial charge >= 0.3 is 12.6 Å². The number of esters is 1. The molecule has 46 heavy (non-hydrogen) atoms. The summed E-state index contributed by atoms with van der Waals surface area (Å²) in [5, 5.41) is 0.336. The SMILES string of the molecule is COc1ccc(S(=O)(=O)NCC(=O)O[C@@H](Cc2c(Cl)cncc2Cl)c2ccc(OC(F)F)c(OCC3CC3)c2)cc1CS(C)(=O)=O. The molecule has 0 bridgehead atoms. The summed E-state index contributed by atoms with van der Waals surface area (Å²) in [4.78, 5) is 16.7. The summed E-state index contributed by atoms with van der Waals surface area (Å²) in [6.07, 6.45) is 4.32. The van der Waals surface area contributed by atoms with Crippen molar-refractivity contribution in [3.8, 4) is 17.2 Å². The van der Waals surface area contributed by atoms with E-state index in [9.17, 15) is 30.4 Å². The molecular weight excluding hydrogens is 693 g/mol. The average Bonchev–Trinajstić information content (AvgIpc) is 3.80. The molecule has 1 N–H and O–H groups in total. The first-order valence-electron chi connectivity index (χ1n) is 13.7. The molecule has 17 heteroatoms. The number of halogens is 4. The lowest BCUT2D eigenvalue weighted by molar-refractivity contribution is -0.148. The number of rotatable bonds is 16. The molecule has 0 saturated heterocycles. The van der Waals surface area contributed by atoms with Crippen molar-refractivity contribution < 1.29 is 49.4 Å². The van der Waals surface area contributed by atoms with Gasteiger partial charge in [0.15, 0.2) is 21.3 Å². The van der Waals surface area contributed by atoms with Gasteiger partial charge in [0.2, 0.25) is 10.0 Å². The van der Waals surface area contributed by atoms with Crippen molar-refractivity contribution in [1.29, 1.82) is 0 Å². The van der Waals surface area contributed by atoms with Crippen molar-refractivity contribution in [3.63, 3.8) is 0 Å². The van der Waals surface area contributed by atoms with Crippen molar-refractivity contribution in [2.45, 2.75) is 42.6 Å². The summed E-state index contributed by atoms with van der Waals surface area (Å²) in [7, 11) is -6.54. The predicted octanol–water partition coefficient (Wildman–Crippen LogP) is 5.14. The van der Waals surface area contributed by atoms with Crippen molar-refractivity contribution in [2.24, 2.45) is 5.92 Å². The molecular formula is C29H30Cl2F2N2O9S2. The highest BCUT2D eigenvalue weighted by Crippen LogP contribution is 2.38. The van der Waals surface area contributed by atoms with Crippen LogP contribution in [0.4, 0.5) is 8.78 Å². The quantitative estimate of drug-likeness (QED) is 0.197. The van der Waals surface area contributed by atoms with E-state index in [4.69, 9.17) is 37.4 Å². The van der Waals surface area contributed by atoms with Gasteiger partial charge in [-0.15, -0.1) is 0 Å². The summed E-state index contributed by atoms with van der Waals surface area (Å²) >= 11 is 12.6. The zero-order valence-electron chi connectivity index (χ0n) is 24.5. The zero-order valence-corrected chi connectivity index (χ0v) is 27.7. The number of pyridine rings is 1. The first kappa shape index (κ1) is 35.6. The topological polar surface area (TPSA) is 147 Å². The Bertz CT molecular complexity index is 1770. The van der Waals surface area contributed by atoms with Crippen LogP contribution in [0.25, 0.3) is 0 Å². The summed E-state index contributed by atoms with van der Waals surface area (Å²) in [6, 6.07) is 7.67. The number of hydrogen-bond donors (Lipinski definition) is 1. The highest BCUT2D eigenvalue weighted by atomic mass is 35.5. The summed E-state index contributed by atoms with van der Waals surface area (Å²) in [5.41, 5.74) is 0.774. The third-order valence-electron chi connectivity index (χ3n) is 6.73. The summed E-state index contributed by atoms with van der Waals surface area (Å²) in [6.45, 7) is -3.66. The number of methoxy groups -OCH3 is 1. The van der Waals surface area contributed by atoms with Crippen LogP contribution < -0.4 is 18.9 Å². The van der Waals surface area contributed by atoms with Gasteiger partial charge in [-0.2, -0.15) is 13.5 Å². The Balaban J connectivity index is 1.58. The van der Waals surface area contributed by atoms with Crippen LogP contribution in [0.15, 0.2) is 53.7 Å². The minimum atomic E-state index is -4.32. The second kappa shape index (κ2) is 15.1. The average molecular weight is 724 g/mol. The Morgan fingerprint density at radius 2 is 1.70 bits per heavy atom. The van der Waals surface area contributed by atoms with Crippen LogP contribution in [0, 0.1) is 5.92 Å². The van der Waals surface area contributed by atoms with Gasteiger partial charge in [-0.3, -0.25) is 9.78 Å². The van der Waals surface area contributed by atoms with E-state index < -0.39 is 50.8 Å².